The van der Waals surface area contributed by atoms with E-state index in [2.05, 4.69) is 17.1 Å². The molecule has 142 valence electrons. The van der Waals surface area contributed by atoms with Crippen molar-refractivity contribution in [2.24, 2.45) is 5.92 Å². The molecule has 0 bridgehead atoms. The van der Waals surface area contributed by atoms with Crippen LogP contribution in [0.4, 0.5) is 20.6 Å². The Morgan fingerprint density at radius 2 is 2.15 bits per heavy atom. The normalized spacial score (nSPS) is 20.9. The van der Waals surface area contributed by atoms with Crippen LogP contribution in [0.25, 0.3) is 0 Å². The van der Waals surface area contributed by atoms with Crippen molar-refractivity contribution in [1.82, 2.24) is 5.32 Å². The van der Waals surface area contributed by atoms with Gasteiger partial charge in [-0.1, -0.05) is 6.92 Å². The number of amides is 1. The highest BCUT2D eigenvalue weighted by Crippen LogP contribution is 2.30. The summed E-state index contributed by atoms with van der Waals surface area (Å²) in [5.74, 6) is 0.372. The van der Waals surface area contributed by atoms with Crippen molar-refractivity contribution in [2.75, 3.05) is 43.1 Å². The van der Waals surface area contributed by atoms with Gasteiger partial charge in [0.05, 0.1) is 31.6 Å². The lowest BCUT2D eigenvalue weighted by molar-refractivity contribution is 0.142. The number of rotatable bonds is 4. The summed E-state index contributed by atoms with van der Waals surface area (Å²) in [6.45, 7) is 4.62. The van der Waals surface area contributed by atoms with Crippen molar-refractivity contribution in [2.45, 2.75) is 25.9 Å². The Bertz CT molecular complexity index is 680. The van der Waals surface area contributed by atoms with E-state index in [0.29, 0.717) is 30.4 Å². The highest BCUT2D eigenvalue weighted by molar-refractivity contribution is 7.80. The largest absolute Gasteiger partial charge is 0.474 e. The molecule has 1 aromatic carbocycles. The second-order valence-electron chi connectivity index (χ2n) is 6.79. The summed E-state index contributed by atoms with van der Waals surface area (Å²) >= 11 is 4.90. The average Bonchev–Trinajstić information content (AvgIpc) is 3.01. The Hall–Kier alpha value is -2.09. The number of methoxy groups -OCH3 is 1. The summed E-state index contributed by atoms with van der Waals surface area (Å²) in [4.78, 5) is 15.6. The van der Waals surface area contributed by atoms with Crippen molar-refractivity contribution >= 4 is 34.9 Å². The Balaban J connectivity index is 1.65. The van der Waals surface area contributed by atoms with Gasteiger partial charge in [-0.05, 0) is 49.2 Å². The molecule has 2 saturated heterocycles. The molecule has 0 spiro atoms. The molecule has 2 aliphatic heterocycles. The van der Waals surface area contributed by atoms with Gasteiger partial charge in [0.15, 0.2) is 0 Å². The maximum absolute atomic E-state index is 14.6. The van der Waals surface area contributed by atoms with Gasteiger partial charge in [-0.15, -0.1) is 0 Å². The fraction of sp³-hybridized carbons (Fsp3) is 0.556. The molecule has 6 nitrogen and oxygen atoms in total. The van der Waals surface area contributed by atoms with Gasteiger partial charge in [0.2, 0.25) is 0 Å². The van der Waals surface area contributed by atoms with Gasteiger partial charge in [0, 0.05) is 13.1 Å². The lowest BCUT2D eigenvalue weighted by Gasteiger charge is -2.32. The van der Waals surface area contributed by atoms with Gasteiger partial charge in [-0.3, -0.25) is 4.90 Å². The van der Waals surface area contributed by atoms with E-state index in [9.17, 15) is 9.18 Å². The summed E-state index contributed by atoms with van der Waals surface area (Å²) in [5.41, 5.74) is 1.09. The zero-order chi connectivity index (χ0) is 18.7. The number of piperidine rings is 1. The molecular weight excluding hydrogens is 357 g/mol. The number of nitrogens with one attached hydrogen (secondary N) is 1. The molecule has 3 rings (SSSR count). The molecule has 2 heterocycles. The molecule has 0 saturated carbocycles. The minimum absolute atomic E-state index is 0.241. The first-order valence-electron chi connectivity index (χ1n) is 8.82. The number of benzene rings is 1. The Labute approximate surface area is 158 Å². The molecule has 0 aliphatic carbocycles. The second kappa shape index (κ2) is 8.07. The first-order chi connectivity index (χ1) is 12.5. The van der Waals surface area contributed by atoms with E-state index in [0.717, 1.165) is 25.9 Å². The predicted molar refractivity (Wildman–Crippen MR) is 102 cm³/mol. The third kappa shape index (κ3) is 4.17. The van der Waals surface area contributed by atoms with Crippen molar-refractivity contribution in [3.63, 3.8) is 0 Å². The molecule has 0 unspecified atom stereocenters. The Morgan fingerprint density at radius 3 is 2.81 bits per heavy atom. The number of carbonyl (C=O) groups is 1. The summed E-state index contributed by atoms with van der Waals surface area (Å²) in [6, 6.07) is 4.93. The molecular formula is C18H24FN3O3S. The Kier molecular flexibility index (Phi) is 5.80. The van der Waals surface area contributed by atoms with Crippen LogP contribution in [0.2, 0.25) is 0 Å². The number of hydrogen-bond donors (Lipinski definition) is 1. The average molecular weight is 381 g/mol. The van der Waals surface area contributed by atoms with E-state index in [-0.39, 0.29) is 17.1 Å². The van der Waals surface area contributed by atoms with E-state index in [1.165, 1.54) is 18.1 Å². The third-order valence-corrected chi connectivity index (χ3v) is 5.21. The van der Waals surface area contributed by atoms with Gasteiger partial charge in [-0.2, -0.15) is 0 Å². The third-order valence-electron chi connectivity index (χ3n) is 4.90. The van der Waals surface area contributed by atoms with Gasteiger partial charge in [-0.25, -0.2) is 9.18 Å². The highest BCUT2D eigenvalue weighted by atomic mass is 32.1. The van der Waals surface area contributed by atoms with E-state index >= 15 is 0 Å². The SMILES string of the molecule is COC(=S)NC[C@H]1CN(c2ccc(N3CCC(C)CC3)c(F)c2)C(=O)O1. The first kappa shape index (κ1) is 18.7. The van der Waals surface area contributed by atoms with Crippen LogP contribution in [0.1, 0.15) is 19.8 Å². The van der Waals surface area contributed by atoms with Crippen molar-refractivity contribution < 1.29 is 18.7 Å². The summed E-state index contributed by atoms with van der Waals surface area (Å²) < 4.78 is 24.8. The number of halogens is 1. The number of carbonyl (C=O) groups excluding carboxylic acids is 1. The standard InChI is InChI=1S/C18H24FN3O3S/c1-12-5-7-21(8-6-12)16-4-3-13(9-15(16)19)22-11-14(25-18(22)23)10-20-17(26)24-2/h3-4,9,12,14H,5-8,10-11H2,1-2H3,(H,20,26)/t14-/m0/s1. The van der Waals surface area contributed by atoms with Crippen LogP contribution in [0.15, 0.2) is 18.2 Å². The molecule has 2 aliphatic rings. The van der Waals surface area contributed by atoms with E-state index < -0.39 is 6.09 Å². The second-order valence-corrected chi connectivity index (χ2v) is 7.16. The van der Waals surface area contributed by atoms with Crippen LogP contribution >= 0.6 is 12.2 Å². The van der Waals surface area contributed by atoms with Gasteiger partial charge >= 0.3 is 6.09 Å². The minimum atomic E-state index is -0.487. The zero-order valence-corrected chi connectivity index (χ0v) is 15.9. The minimum Gasteiger partial charge on any atom is -0.474 e. The highest BCUT2D eigenvalue weighted by Gasteiger charge is 2.33. The fourth-order valence-corrected chi connectivity index (χ4v) is 3.36. The quantitative estimate of drug-likeness (QED) is 0.810. The summed E-state index contributed by atoms with van der Waals surface area (Å²) in [7, 11) is 1.47. The van der Waals surface area contributed by atoms with Crippen LogP contribution < -0.4 is 15.1 Å². The predicted octanol–water partition coefficient (Wildman–Crippen LogP) is 2.91. The maximum atomic E-state index is 14.6. The van der Waals surface area contributed by atoms with Gasteiger partial charge < -0.3 is 19.7 Å². The van der Waals surface area contributed by atoms with Crippen molar-refractivity contribution in [3.8, 4) is 0 Å². The smallest absolute Gasteiger partial charge is 0.414 e. The molecule has 1 aromatic rings. The van der Waals surface area contributed by atoms with Crippen LogP contribution in [0, 0.1) is 11.7 Å². The van der Waals surface area contributed by atoms with E-state index in [1.54, 1.807) is 12.1 Å². The zero-order valence-electron chi connectivity index (χ0n) is 15.0. The van der Waals surface area contributed by atoms with Crippen LogP contribution in [0.3, 0.4) is 0 Å². The Morgan fingerprint density at radius 1 is 1.42 bits per heavy atom. The molecule has 1 N–H and O–H groups in total. The number of thiocarbonyl (C=S) groups is 1. The molecule has 0 aromatic heterocycles. The molecule has 0 radical (unpaired) electrons. The number of hydrogen-bond acceptors (Lipinski definition) is 5. The molecule has 26 heavy (non-hydrogen) atoms. The molecule has 1 atom stereocenters. The number of ether oxygens (including phenoxy) is 2. The van der Waals surface area contributed by atoms with Crippen molar-refractivity contribution in [1.29, 1.82) is 0 Å². The first-order valence-corrected chi connectivity index (χ1v) is 9.23. The molecule has 8 heteroatoms. The lowest BCUT2D eigenvalue weighted by Crippen LogP contribution is -2.34. The molecule has 1 amide bonds. The summed E-state index contributed by atoms with van der Waals surface area (Å²) in [6.07, 6.45) is 1.27. The number of anilines is 2. The van der Waals surface area contributed by atoms with Crippen molar-refractivity contribution in [3.05, 3.63) is 24.0 Å². The van der Waals surface area contributed by atoms with Crippen LogP contribution in [-0.4, -0.2) is 50.7 Å². The van der Waals surface area contributed by atoms with Crippen LogP contribution in [-0.2, 0) is 9.47 Å². The van der Waals surface area contributed by atoms with Crippen LogP contribution in [0.5, 0.6) is 0 Å². The van der Waals surface area contributed by atoms with Gasteiger partial charge in [0.1, 0.15) is 11.9 Å². The fourth-order valence-electron chi connectivity index (χ4n) is 3.28. The summed E-state index contributed by atoms with van der Waals surface area (Å²) in [5, 5.41) is 3.10. The lowest BCUT2D eigenvalue weighted by atomic mass is 9.99. The number of cyclic esters (lactones) is 1. The van der Waals surface area contributed by atoms with E-state index in [1.807, 2.05) is 0 Å². The van der Waals surface area contributed by atoms with E-state index in [4.69, 9.17) is 21.7 Å². The number of nitrogens with zero attached hydrogens (tertiary/aromatic N) is 2. The topological polar surface area (TPSA) is 54.0 Å². The monoisotopic (exact) mass is 381 g/mol. The molecule has 2 fully saturated rings. The van der Waals surface area contributed by atoms with Gasteiger partial charge in [0.25, 0.3) is 5.17 Å². The maximum Gasteiger partial charge on any atom is 0.414 e.